The van der Waals surface area contributed by atoms with Crippen molar-refractivity contribution < 1.29 is 0 Å². The maximum absolute atomic E-state index is 4.16. The van der Waals surface area contributed by atoms with Crippen LogP contribution in [0.2, 0.25) is 0 Å². The van der Waals surface area contributed by atoms with Crippen LogP contribution in [-0.2, 0) is 7.05 Å². The topological polar surface area (TPSA) is 29.9 Å². The molecule has 14 heavy (non-hydrogen) atoms. The summed E-state index contributed by atoms with van der Waals surface area (Å²) in [4.78, 5) is 0. The Morgan fingerprint density at radius 1 is 1.43 bits per heavy atom. The summed E-state index contributed by atoms with van der Waals surface area (Å²) in [5.74, 6) is 1.93. The molecule has 1 aliphatic rings. The lowest BCUT2D eigenvalue weighted by atomic mass is 9.86. The highest BCUT2D eigenvalue weighted by Gasteiger charge is 2.21. The van der Waals surface area contributed by atoms with Crippen molar-refractivity contribution in [1.29, 1.82) is 0 Å². The molecule has 0 amide bonds. The van der Waals surface area contributed by atoms with E-state index in [0.29, 0.717) is 6.04 Å². The highest BCUT2D eigenvalue weighted by Crippen LogP contribution is 2.26. The highest BCUT2D eigenvalue weighted by molar-refractivity contribution is 5.35. The zero-order valence-corrected chi connectivity index (χ0v) is 9.03. The molecular weight excluding hydrogens is 174 g/mol. The van der Waals surface area contributed by atoms with Gasteiger partial charge >= 0.3 is 0 Å². The lowest BCUT2D eigenvalue weighted by Crippen LogP contribution is -2.31. The van der Waals surface area contributed by atoms with Crippen LogP contribution < -0.4 is 5.32 Å². The van der Waals surface area contributed by atoms with Gasteiger partial charge in [0.05, 0.1) is 6.20 Å². The third-order valence-electron chi connectivity index (χ3n) is 3.27. The van der Waals surface area contributed by atoms with Gasteiger partial charge in [-0.3, -0.25) is 4.68 Å². The first-order valence-corrected chi connectivity index (χ1v) is 5.52. The molecule has 1 saturated carbocycles. The van der Waals surface area contributed by atoms with Gasteiger partial charge in [0, 0.05) is 19.2 Å². The minimum atomic E-state index is 0.638. The normalized spacial score (nSPS) is 27.6. The van der Waals surface area contributed by atoms with Crippen LogP contribution in [0.1, 0.15) is 32.6 Å². The predicted octanol–water partition coefficient (Wildman–Crippen LogP) is 2.41. The number of anilines is 1. The number of aryl methyl sites for hydroxylation is 1. The van der Waals surface area contributed by atoms with E-state index in [4.69, 9.17) is 0 Å². The van der Waals surface area contributed by atoms with Gasteiger partial charge in [0.1, 0.15) is 5.82 Å². The molecule has 78 valence electrons. The monoisotopic (exact) mass is 193 g/mol. The van der Waals surface area contributed by atoms with Crippen molar-refractivity contribution in [3.05, 3.63) is 12.3 Å². The minimum absolute atomic E-state index is 0.638. The number of hydrogen-bond acceptors (Lipinski definition) is 2. The minimum Gasteiger partial charge on any atom is -0.367 e. The van der Waals surface area contributed by atoms with Gasteiger partial charge in [-0.25, -0.2) is 0 Å². The van der Waals surface area contributed by atoms with Crippen molar-refractivity contribution in [2.75, 3.05) is 5.32 Å². The Balaban J connectivity index is 1.99. The Labute approximate surface area is 85.5 Å². The molecular formula is C11H19N3. The average molecular weight is 193 g/mol. The molecule has 0 saturated heterocycles. The van der Waals surface area contributed by atoms with Crippen LogP contribution in [0.25, 0.3) is 0 Å². The molecule has 3 heteroatoms. The number of nitrogens with one attached hydrogen (secondary N) is 1. The Hall–Kier alpha value is -0.990. The van der Waals surface area contributed by atoms with Crippen molar-refractivity contribution in [2.24, 2.45) is 13.0 Å². The SMILES string of the molecule is CC1CCCCC1Nc1ccnn1C. The fraction of sp³-hybridized carbons (Fsp3) is 0.727. The third kappa shape index (κ3) is 1.91. The van der Waals surface area contributed by atoms with Gasteiger partial charge in [0.25, 0.3) is 0 Å². The smallest absolute Gasteiger partial charge is 0.124 e. The van der Waals surface area contributed by atoms with E-state index >= 15 is 0 Å². The second-order valence-electron chi connectivity index (χ2n) is 4.35. The first-order chi connectivity index (χ1) is 6.77. The van der Waals surface area contributed by atoms with E-state index in [9.17, 15) is 0 Å². The largest absolute Gasteiger partial charge is 0.367 e. The molecule has 1 fully saturated rings. The van der Waals surface area contributed by atoms with Crippen molar-refractivity contribution >= 4 is 5.82 Å². The van der Waals surface area contributed by atoms with Crippen LogP contribution in [0, 0.1) is 5.92 Å². The van der Waals surface area contributed by atoms with Gasteiger partial charge in [-0.2, -0.15) is 5.10 Å². The average Bonchev–Trinajstić information content (AvgIpc) is 2.56. The van der Waals surface area contributed by atoms with E-state index in [2.05, 4.69) is 17.3 Å². The van der Waals surface area contributed by atoms with Crippen LogP contribution in [-0.4, -0.2) is 15.8 Å². The highest BCUT2D eigenvalue weighted by atomic mass is 15.3. The van der Waals surface area contributed by atoms with Gasteiger partial charge in [0.15, 0.2) is 0 Å². The number of hydrogen-bond donors (Lipinski definition) is 1. The van der Waals surface area contributed by atoms with E-state index in [-0.39, 0.29) is 0 Å². The van der Waals surface area contributed by atoms with Gasteiger partial charge < -0.3 is 5.32 Å². The predicted molar refractivity (Wildman–Crippen MR) is 58.3 cm³/mol. The van der Waals surface area contributed by atoms with Crippen LogP contribution in [0.4, 0.5) is 5.82 Å². The molecule has 3 nitrogen and oxygen atoms in total. The van der Waals surface area contributed by atoms with E-state index in [1.165, 1.54) is 25.7 Å². The summed E-state index contributed by atoms with van der Waals surface area (Å²) in [6.45, 7) is 2.34. The Morgan fingerprint density at radius 3 is 2.86 bits per heavy atom. The van der Waals surface area contributed by atoms with Crippen molar-refractivity contribution in [3.8, 4) is 0 Å². The molecule has 1 heterocycles. The molecule has 0 aromatic carbocycles. The van der Waals surface area contributed by atoms with Crippen molar-refractivity contribution in [3.63, 3.8) is 0 Å². The molecule has 1 N–H and O–H groups in total. The molecule has 0 bridgehead atoms. The Kier molecular flexibility index (Phi) is 2.75. The summed E-state index contributed by atoms with van der Waals surface area (Å²) in [5.41, 5.74) is 0. The molecule has 0 aliphatic heterocycles. The fourth-order valence-electron chi connectivity index (χ4n) is 2.24. The van der Waals surface area contributed by atoms with Crippen LogP contribution >= 0.6 is 0 Å². The van der Waals surface area contributed by atoms with E-state index < -0.39 is 0 Å². The first-order valence-electron chi connectivity index (χ1n) is 5.52. The zero-order valence-electron chi connectivity index (χ0n) is 9.03. The van der Waals surface area contributed by atoms with Crippen LogP contribution in [0.3, 0.4) is 0 Å². The summed E-state index contributed by atoms with van der Waals surface area (Å²) < 4.78 is 1.90. The van der Waals surface area contributed by atoms with Gasteiger partial charge in [0.2, 0.25) is 0 Å². The van der Waals surface area contributed by atoms with E-state index in [1.807, 2.05) is 24.0 Å². The molecule has 1 aromatic rings. The van der Waals surface area contributed by atoms with E-state index in [0.717, 1.165) is 11.7 Å². The molecule has 1 aliphatic carbocycles. The number of aromatic nitrogens is 2. The third-order valence-corrected chi connectivity index (χ3v) is 3.27. The van der Waals surface area contributed by atoms with Gasteiger partial charge in [-0.05, 0) is 18.8 Å². The van der Waals surface area contributed by atoms with Crippen LogP contribution in [0.15, 0.2) is 12.3 Å². The molecule has 2 rings (SSSR count). The second-order valence-corrected chi connectivity index (χ2v) is 4.35. The first kappa shape index (κ1) is 9.56. The summed E-state index contributed by atoms with van der Waals surface area (Å²) in [6.07, 6.45) is 7.25. The Morgan fingerprint density at radius 2 is 2.21 bits per heavy atom. The lowest BCUT2D eigenvalue weighted by molar-refractivity contribution is 0.348. The molecule has 2 unspecified atom stereocenters. The summed E-state index contributed by atoms with van der Waals surface area (Å²) in [6, 6.07) is 2.68. The van der Waals surface area contributed by atoms with Crippen molar-refractivity contribution in [1.82, 2.24) is 9.78 Å². The zero-order chi connectivity index (χ0) is 9.97. The van der Waals surface area contributed by atoms with Gasteiger partial charge in [-0.15, -0.1) is 0 Å². The molecule has 1 aromatic heterocycles. The number of nitrogens with zero attached hydrogens (tertiary/aromatic N) is 2. The molecule has 0 spiro atoms. The fourth-order valence-corrected chi connectivity index (χ4v) is 2.24. The van der Waals surface area contributed by atoms with E-state index in [1.54, 1.807) is 0 Å². The van der Waals surface area contributed by atoms with Crippen molar-refractivity contribution in [2.45, 2.75) is 38.6 Å². The second kappa shape index (κ2) is 4.03. The molecule has 2 atom stereocenters. The maximum atomic E-state index is 4.16. The maximum Gasteiger partial charge on any atom is 0.124 e. The standard InChI is InChI=1S/C11H19N3/c1-9-5-3-4-6-10(9)13-11-7-8-12-14(11)2/h7-10,13H,3-6H2,1-2H3. The number of rotatable bonds is 2. The summed E-state index contributed by atoms with van der Waals surface area (Å²) in [7, 11) is 1.98. The lowest BCUT2D eigenvalue weighted by Gasteiger charge is -2.30. The Bertz CT molecular complexity index is 292. The summed E-state index contributed by atoms with van der Waals surface area (Å²) >= 11 is 0. The van der Waals surface area contributed by atoms with Gasteiger partial charge in [-0.1, -0.05) is 19.8 Å². The molecule has 0 radical (unpaired) electrons. The summed E-state index contributed by atoms with van der Waals surface area (Å²) in [5, 5.41) is 7.74. The quantitative estimate of drug-likeness (QED) is 0.781. The van der Waals surface area contributed by atoms with Crippen LogP contribution in [0.5, 0.6) is 0 Å².